The van der Waals surface area contributed by atoms with E-state index in [1.807, 2.05) is 19.1 Å². The van der Waals surface area contributed by atoms with Gasteiger partial charge in [0.05, 0.1) is 26.4 Å². The molecule has 1 aliphatic rings. The van der Waals surface area contributed by atoms with E-state index >= 15 is 0 Å². The van der Waals surface area contributed by atoms with Gasteiger partial charge in [-0.1, -0.05) is 18.2 Å². The predicted molar refractivity (Wildman–Crippen MR) is 93.5 cm³/mol. The van der Waals surface area contributed by atoms with Crippen molar-refractivity contribution in [2.75, 3.05) is 26.8 Å². The molecule has 1 fully saturated rings. The third-order valence-corrected chi connectivity index (χ3v) is 4.52. The largest absolute Gasteiger partial charge is 0.497 e. The number of benzene rings is 2. The summed E-state index contributed by atoms with van der Waals surface area (Å²) in [5.74, 6) is 2.13. The lowest BCUT2D eigenvalue weighted by molar-refractivity contribution is -0.0351. The highest BCUT2D eigenvalue weighted by Crippen LogP contribution is 2.28. The Balaban J connectivity index is 1.51. The number of aromatic nitrogens is 2. The Hall–Kier alpha value is -2.44. The van der Waals surface area contributed by atoms with Crippen molar-refractivity contribution in [1.29, 1.82) is 0 Å². The fourth-order valence-electron chi connectivity index (χ4n) is 3.21. The topological polar surface area (TPSA) is 60.6 Å². The zero-order valence-corrected chi connectivity index (χ0v) is 14.4. The van der Waals surface area contributed by atoms with Crippen LogP contribution in [0.4, 0.5) is 0 Å². The third kappa shape index (κ3) is 3.50. The molecule has 6 nitrogen and oxygen atoms in total. The summed E-state index contributed by atoms with van der Waals surface area (Å²) in [5, 5.41) is 10.3. The Labute approximate surface area is 146 Å². The molecule has 0 unspecified atom stereocenters. The van der Waals surface area contributed by atoms with Crippen LogP contribution in [0.1, 0.15) is 23.4 Å². The number of ether oxygens (including phenoxy) is 2. The lowest BCUT2D eigenvalue weighted by atomic mass is 10.0. The Morgan fingerprint density at radius 2 is 2.00 bits per heavy atom. The quantitative estimate of drug-likeness (QED) is 0.728. The van der Waals surface area contributed by atoms with Crippen LogP contribution in [0.5, 0.6) is 5.75 Å². The number of fused-ring (bicyclic) bond motifs is 1. The molecule has 4 rings (SSSR count). The lowest BCUT2D eigenvalue weighted by Crippen LogP contribution is -2.37. The number of aryl methyl sites for hydroxylation is 1. The first-order valence-corrected chi connectivity index (χ1v) is 8.42. The minimum atomic E-state index is 0.0456. The summed E-state index contributed by atoms with van der Waals surface area (Å²) in [4.78, 5) is 2.29. The second kappa shape index (κ2) is 6.82. The molecule has 1 atom stereocenters. The van der Waals surface area contributed by atoms with Crippen LogP contribution in [0.3, 0.4) is 0 Å². The maximum atomic E-state index is 6.00. The van der Waals surface area contributed by atoms with Crippen LogP contribution in [0.15, 0.2) is 40.8 Å². The molecular formula is C19H21N3O3. The van der Waals surface area contributed by atoms with Gasteiger partial charge in [0.15, 0.2) is 0 Å². The van der Waals surface area contributed by atoms with E-state index in [1.165, 1.54) is 10.9 Å². The predicted octanol–water partition coefficient (Wildman–Crippen LogP) is 3.11. The SMILES string of the molecule is COc1ccc2cc([C@H]3CN(Cc4nnc(C)o4)CCO3)ccc2c1. The van der Waals surface area contributed by atoms with E-state index < -0.39 is 0 Å². The van der Waals surface area contributed by atoms with Crippen molar-refractivity contribution in [1.82, 2.24) is 15.1 Å². The van der Waals surface area contributed by atoms with E-state index in [2.05, 4.69) is 39.4 Å². The summed E-state index contributed by atoms with van der Waals surface area (Å²) in [6.07, 6.45) is 0.0456. The van der Waals surface area contributed by atoms with Gasteiger partial charge in [-0.05, 0) is 34.5 Å². The van der Waals surface area contributed by atoms with Crippen molar-refractivity contribution in [2.24, 2.45) is 0 Å². The molecular weight excluding hydrogens is 318 g/mol. The van der Waals surface area contributed by atoms with E-state index in [0.717, 1.165) is 24.2 Å². The van der Waals surface area contributed by atoms with Crippen LogP contribution in [0.2, 0.25) is 0 Å². The van der Waals surface area contributed by atoms with E-state index in [0.29, 0.717) is 24.9 Å². The van der Waals surface area contributed by atoms with E-state index in [9.17, 15) is 0 Å². The Bertz CT molecular complexity index is 877. The molecule has 0 aliphatic carbocycles. The molecule has 1 aliphatic heterocycles. The van der Waals surface area contributed by atoms with Gasteiger partial charge in [0.25, 0.3) is 0 Å². The molecule has 2 aromatic carbocycles. The van der Waals surface area contributed by atoms with Crippen molar-refractivity contribution in [3.8, 4) is 5.75 Å². The average Bonchev–Trinajstić information content (AvgIpc) is 3.05. The first-order valence-electron chi connectivity index (χ1n) is 8.42. The second-order valence-electron chi connectivity index (χ2n) is 6.28. The highest BCUT2D eigenvalue weighted by Gasteiger charge is 2.23. The molecule has 0 bridgehead atoms. The van der Waals surface area contributed by atoms with Crippen LogP contribution in [-0.2, 0) is 11.3 Å². The van der Waals surface area contributed by atoms with Gasteiger partial charge in [-0.15, -0.1) is 10.2 Å². The zero-order valence-electron chi connectivity index (χ0n) is 14.4. The van der Waals surface area contributed by atoms with Crippen LogP contribution in [-0.4, -0.2) is 41.9 Å². The summed E-state index contributed by atoms with van der Waals surface area (Å²) >= 11 is 0. The van der Waals surface area contributed by atoms with Crippen molar-refractivity contribution < 1.29 is 13.9 Å². The smallest absolute Gasteiger partial charge is 0.230 e. The van der Waals surface area contributed by atoms with Crippen molar-refractivity contribution >= 4 is 10.8 Å². The molecule has 6 heteroatoms. The summed E-state index contributed by atoms with van der Waals surface area (Å²) < 4.78 is 16.8. The second-order valence-corrected chi connectivity index (χ2v) is 6.28. The Morgan fingerprint density at radius 1 is 1.16 bits per heavy atom. The van der Waals surface area contributed by atoms with Crippen molar-refractivity contribution in [2.45, 2.75) is 19.6 Å². The van der Waals surface area contributed by atoms with Gasteiger partial charge in [-0.3, -0.25) is 4.90 Å². The maximum Gasteiger partial charge on any atom is 0.230 e. The maximum absolute atomic E-state index is 6.00. The Kier molecular flexibility index (Phi) is 4.38. The number of hydrogen-bond donors (Lipinski definition) is 0. The molecule has 0 spiro atoms. The molecule has 3 aromatic rings. The van der Waals surface area contributed by atoms with Gasteiger partial charge in [-0.25, -0.2) is 0 Å². The van der Waals surface area contributed by atoms with E-state index in [1.54, 1.807) is 7.11 Å². The third-order valence-electron chi connectivity index (χ3n) is 4.52. The van der Waals surface area contributed by atoms with E-state index in [4.69, 9.17) is 13.9 Å². The highest BCUT2D eigenvalue weighted by molar-refractivity contribution is 5.84. The summed E-state index contributed by atoms with van der Waals surface area (Å²) in [6, 6.07) is 12.6. The van der Waals surface area contributed by atoms with Gasteiger partial charge in [0.1, 0.15) is 5.75 Å². The van der Waals surface area contributed by atoms with Crippen LogP contribution >= 0.6 is 0 Å². The van der Waals surface area contributed by atoms with Gasteiger partial charge < -0.3 is 13.9 Å². The molecule has 1 saturated heterocycles. The standard InChI is InChI=1S/C19H21N3O3/c1-13-20-21-19(25-13)12-22-7-8-24-18(11-22)16-4-3-15-10-17(23-2)6-5-14(15)9-16/h3-6,9-10,18H,7-8,11-12H2,1-2H3/t18-/m1/s1. The molecule has 25 heavy (non-hydrogen) atoms. The number of methoxy groups -OCH3 is 1. The monoisotopic (exact) mass is 339 g/mol. The van der Waals surface area contributed by atoms with Crippen LogP contribution in [0.25, 0.3) is 10.8 Å². The van der Waals surface area contributed by atoms with Gasteiger partial charge >= 0.3 is 0 Å². The normalized spacial score (nSPS) is 18.6. The van der Waals surface area contributed by atoms with Gasteiger partial charge in [-0.2, -0.15) is 0 Å². The average molecular weight is 339 g/mol. The number of nitrogens with zero attached hydrogens (tertiary/aromatic N) is 3. The summed E-state index contributed by atoms with van der Waals surface area (Å²) in [7, 11) is 1.69. The zero-order chi connectivity index (χ0) is 17.2. The van der Waals surface area contributed by atoms with Crippen molar-refractivity contribution in [3.63, 3.8) is 0 Å². The molecule has 0 radical (unpaired) electrons. The molecule has 0 N–H and O–H groups in total. The molecule has 1 aromatic heterocycles. The first-order chi connectivity index (χ1) is 12.2. The number of morpholine rings is 1. The van der Waals surface area contributed by atoms with Crippen LogP contribution < -0.4 is 4.74 Å². The minimum Gasteiger partial charge on any atom is -0.497 e. The fraction of sp³-hybridized carbons (Fsp3) is 0.368. The molecule has 130 valence electrons. The fourth-order valence-corrected chi connectivity index (χ4v) is 3.21. The minimum absolute atomic E-state index is 0.0456. The molecule has 0 amide bonds. The van der Waals surface area contributed by atoms with Gasteiger partial charge in [0, 0.05) is 20.0 Å². The summed E-state index contributed by atoms with van der Waals surface area (Å²) in [6.45, 7) is 4.83. The highest BCUT2D eigenvalue weighted by atomic mass is 16.5. The lowest BCUT2D eigenvalue weighted by Gasteiger charge is -2.32. The van der Waals surface area contributed by atoms with Crippen LogP contribution in [0, 0.1) is 6.92 Å². The number of hydrogen-bond acceptors (Lipinski definition) is 6. The van der Waals surface area contributed by atoms with Crippen molar-refractivity contribution in [3.05, 3.63) is 53.7 Å². The molecule has 0 saturated carbocycles. The van der Waals surface area contributed by atoms with E-state index in [-0.39, 0.29) is 6.10 Å². The number of rotatable bonds is 4. The first kappa shape index (κ1) is 16.1. The summed E-state index contributed by atoms with van der Waals surface area (Å²) in [5.41, 5.74) is 1.18. The Morgan fingerprint density at radius 3 is 2.80 bits per heavy atom. The van der Waals surface area contributed by atoms with Gasteiger partial charge in [0.2, 0.25) is 11.8 Å². The molecule has 2 heterocycles.